The van der Waals surface area contributed by atoms with Gasteiger partial charge in [-0.1, -0.05) is 6.07 Å². The molecule has 0 spiro atoms. The molecule has 0 saturated carbocycles. The highest BCUT2D eigenvalue weighted by Gasteiger charge is 2.31. The number of alkyl halides is 3. The SMILES string of the molecule is FC(F)(F)Oc1cccc(N2CCCC2)c1. The molecule has 1 aliphatic heterocycles. The van der Waals surface area contributed by atoms with Crippen molar-refractivity contribution in [2.45, 2.75) is 19.2 Å². The van der Waals surface area contributed by atoms with Gasteiger partial charge in [-0.05, 0) is 25.0 Å². The second-order valence-corrected chi connectivity index (χ2v) is 3.74. The molecule has 88 valence electrons. The van der Waals surface area contributed by atoms with Gasteiger partial charge in [0.05, 0.1) is 0 Å². The Morgan fingerprint density at radius 2 is 1.81 bits per heavy atom. The Labute approximate surface area is 91.6 Å². The fourth-order valence-electron chi connectivity index (χ4n) is 1.85. The average Bonchev–Trinajstić information content (AvgIpc) is 2.68. The lowest BCUT2D eigenvalue weighted by molar-refractivity contribution is -0.274. The number of nitrogens with zero attached hydrogens (tertiary/aromatic N) is 1. The predicted molar refractivity (Wildman–Crippen MR) is 54.6 cm³/mol. The van der Waals surface area contributed by atoms with Crippen LogP contribution in [0.3, 0.4) is 0 Å². The molecule has 16 heavy (non-hydrogen) atoms. The molecule has 2 rings (SSSR count). The van der Waals surface area contributed by atoms with E-state index in [4.69, 9.17) is 0 Å². The van der Waals surface area contributed by atoms with Crippen LogP contribution in [-0.4, -0.2) is 19.5 Å². The molecule has 5 heteroatoms. The average molecular weight is 231 g/mol. The summed E-state index contributed by atoms with van der Waals surface area (Å²) in [5, 5.41) is 0. The normalized spacial score (nSPS) is 16.6. The number of rotatable bonds is 2. The molecule has 2 nitrogen and oxygen atoms in total. The van der Waals surface area contributed by atoms with Crippen molar-refractivity contribution < 1.29 is 17.9 Å². The van der Waals surface area contributed by atoms with E-state index in [0.717, 1.165) is 31.6 Å². The maximum atomic E-state index is 12.0. The molecule has 0 N–H and O–H groups in total. The Balaban J connectivity index is 2.12. The molecule has 1 heterocycles. The molecule has 0 bridgehead atoms. The number of ether oxygens (including phenoxy) is 1. The van der Waals surface area contributed by atoms with Gasteiger partial charge in [0.25, 0.3) is 0 Å². The van der Waals surface area contributed by atoms with Crippen LogP contribution < -0.4 is 9.64 Å². The Morgan fingerprint density at radius 3 is 2.44 bits per heavy atom. The molecule has 0 aromatic heterocycles. The molecule has 0 unspecified atom stereocenters. The maximum Gasteiger partial charge on any atom is 0.573 e. The summed E-state index contributed by atoms with van der Waals surface area (Å²) in [5.74, 6) is -0.156. The van der Waals surface area contributed by atoms with Gasteiger partial charge in [0.15, 0.2) is 0 Å². The highest BCUT2D eigenvalue weighted by Crippen LogP contribution is 2.28. The molecule has 1 aliphatic rings. The van der Waals surface area contributed by atoms with Crippen molar-refractivity contribution in [3.63, 3.8) is 0 Å². The number of anilines is 1. The molecular weight excluding hydrogens is 219 g/mol. The van der Waals surface area contributed by atoms with Crippen molar-refractivity contribution in [1.29, 1.82) is 0 Å². The summed E-state index contributed by atoms with van der Waals surface area (Å²) < 4.78 is 39.9. The second-order valence-electron chi connectivity index (χ2n) is 3.74. The molecule has 1 fully saturated rings. The topological polar surface area (TPSA) is 12.5 Å². The van der Waals surface area contributed by atoms with Crippen LogP contribution >= 0.6 is 0 Å². The Morgan fingerprint density at radius 1 is 1.12 bits per heavy atom. The zero-order valence-corrected chi connectivity index (χ0v) is 8.63. The van der Waals surface area contributed by atoms with Gasteiger partial charge in [-0.15, -0.1) is 13.2 Å². The minimum Gasteiger partial charge on any atom is -0.406 e. The van der Waals surface area contributed by atoms with Gasteiger partial charge in [0, 0.05) is 24.8 Å². The zero-order chi connectivity index (χ0) is 11.6. The van der Waals surface area contributed by atoms with Gasteiger partial charge < -0.3 is 9.64 Å². The molecule has 1 aromatic carbocycles. The Bertz CT molecular complexity index is 358. The van der Waals surface area contributed by atoms with Crippen LogP contribution in [0.15, 0.2) is 24.3 Å². The maximum absolute atomic E-state index is 12.0. The largest absolute Gasteiger partial charge is 0.573 e. The van der Waals surface area contributed by atoms with E-state index in [9.17, 15) is 13.2 Å². The Kier molecular flexibility index (Phi) is 2.94. The summed E-state index contributed by atoms with van der Waals surface area (Å²) in [5.41, 5.74) is 0.791. The fraction of sp³-hybridized carbons (Fsp3) is 0.455. The van der Waals surface area contributed by atoms with Crippen LogP contribution in [0.25, 0.3) is 0 Å². The van der Waals surface area contributed by atoms with Crippen molar-refractivity contribution in [3.05, 3.63) is 24.3 Å². The van der Waals surface area contributed by atoms with Gasteiger partial charge in [-0.3, -0.25) is 0 Å². The summed E-state index contributed by atoms with van der Waals surface area (Å²) in [6, 6.07) is 6.12. The molecule has 0 atom stereocenters. The van der Waals surface area contributed by atoms with E-state index in [-0.39, 0.29) is 5.75 Å². The molecule has 1 saturated heterocycles. The third-order valence-corrected chi connectivity index (χ3v) is 2.52. The van der Waals surface area contributed by atoms with Crippen LogP contribution in [0, 0.1) is 0 Å². The smallest absolute Gasteiger partial charge is 0.406 e. The number of benzene rings is 1. The minimum atomic E-state index is -4.62. The third-order valence-electron chi connectivity index (χ3n) is 2.52. The van der Waals surface area contributed by atoms with Crippen LogP contribution in [0.5, 0.6) is 5.75 Å². The quantitative estimate of drug-likeness (QED) is 0.775. The van der Waals surface area contributed by atoms with E-state index in [1.54, 1.807) is 12.1 Å². The van der Waals surface area contributed by atoms with E-state index < -0.39 is 6.36 Å². The lowest BCUT2D eigenvalue weighted by Gasteiger charge is -2.18. The van der Waals surface area contributed by atoms with E-state index >= 15 is 0 Å². The highest BCUT2D eigenvalue weighted by atomic mass is 19.4. The van der Waals surface area contributed by atoms with Gasteiger partial charge in [0.2, 0.25) is 0 Å². The van der Waals surface area contributed by atoms with E-state index in [0.29, 0.717) is 0 Å². The number of halogens is 3. The predicted octanol–water partition coefficient (Wildman–Crippen LogP) is 3.19. The summed E-state index contributed by atoms with van der Waals surface area (Å²) in [6.07, 6.45) is -2.45. The van der Waals surface area contributed by atoms with E-state index in [1.165, 1.54) is 12.1 Å². The number of hydrogen-bond donors (Lipinski definition) is 0. The van der Waals surface area contributed by atoms with Crippen LogP contribution in [-0.2, 0) is 0 Å². The summed E-state index contributed by atoms with van der Waals surface area (Å²) in [7, 11) is 0. The molecule has 0 aliphatic carbocycles. The van der Waals surface area contributed by atoms with Crippen molar-refractivity contribution in [2.24, 2.45) is 0 Å². The first kappa shape index (κ1) is 11.1. The molecule has 1 aromatic rings. The first-order chi connectivity index (χ1) is 7.54. The van der Waals surface area contributed by atoms with E-state index in [1.807, 2.05) is 0 Å². The van der Waals surface area contributed by atoms with Crippen molar-refractivity contribution in [1.82, 2.24) is 0 Å². The second kappa shape index (κ2) is 4.23. The zero-order valence-electron chi connectivity index (χ0n) is 8.63. The third kappa shape index (κ3) is 2.81. The summed E-state index contributed by atoms with van der Waals surface area (Å²) in [6.45, 7) is 1.80. The lowest BCUT2D eigenvalue weighted by atomic mass is 10.3. The van der Waals surface area contributed by atoms with Gasteiger partial charge >= 0.3 is 6.36 Å². The van der Waals surface area contributed by atoms with Crippen molar-refractivity contribution in [3.8, 4) is 5.75 Å². The van der Waals surface area contributed by atoms with Gasteiger partial charge in [-0.2, -0.15) is 0 Å². The van der Waals surface area contributed by atoms with Crippen LogP contribution in [0.4, 0.5) is 18.9 Å². The molecule has 0 amide bonds. The summed E-state index contributed by atoms with van der Waals surface area (Å²) in [4.78, 5) is 2.06. The van der Waals surface area contributed by atoms with Gasteiger partial charge in [-0.25, -0.2) is 0 Å². The summed E-state index contributed by atoms with van der Waals surface area (Å²) >= 11 is 0. The van der Waals surface area contributed by atoms with Crippen LogP contribution in [0.1, 0.15) is 12.8 Å². The Hall–Kier alpha value is -1.39. The first-order valence-electron chi connectivity index (χ1n) is 5.15. The van der Waals surface area contributed by atoms with Crippen LogP contribution in [0.2, 0.25) is 0 Å². The highest BCUT2D eigenvalue weighted by molar-refractivity contribution is 5.51. The standard InChI is InChI=1S/C11H12F3NO/c12-11(13,14)16-10-5-3-4-9(8-10)15-6-1-2-7-15/h3-5,8H,1-2,6-7H2. The van der Waals surface area contributed by atoms with Crippen molar-refractivity contribution >= 4 is 5.69 Å². The first-order valence-corrected chi connectivity index (χ1v) is 5.15. The minimum absolute atomic E-state index is 0.156. The molecule has 0 radical (unpaired) electrons. The van der Waals surface area contributed by atoms with E-state index in [2.05, 4.69) is 9.64 Å². The monoisotopic (exact) mass is 231 g/mol. The molecular formula is C11H12F3NO. The fourth-order valence-corrected chi connectivity index (χ4v) is 1.85. The number of hydrogen-bond acceptors (Lipinski definition) is 2. The lowest BCUT2D eigenvalue weighted by Crippen LogP contribution is -2.19. The van der Waals surface area contributed by atoms with Crippen molar-refractivity contribution in [2.75, 3.05) is 18.0 Å². The van der Waals surface area contributed by atoms with Gasteiger partial charge in [0.1, 0.15) is 5.75 Å².